The van der Waals surface area contributed by atoms with E-state index in [9.17, 15) is 4.79 Å². The first-order chi connectivity index (χ1) is 15.7. The summed E-state index contributed by atoms with van der Waals surface area (Å²) in [5.74, 6) is 0.144. The number of benzene rings is 4. The van der Waals surface area contributed by atoms with Crippen molar-refractivity contribution in [3.05, 3.63) is 118 Å². The normalized spacial score (nSPS) is 15.3. The summed E-state index contributed by atoms with van der Waals surface area (Å²) in [7, 11) is 0. The van der Waals surface area contributed by atoms with Crippen LogP contribution in [-0.4, -0.2) is 15.6 Å². The molecule has 5 aromatic rings. The van der Waals surface area contributed by atoms with Crippen molar-refractivity contribution in [3.63, 3.8) is 0 Å². The molecule has 0 N–H and O–H groups in total. The number of Topliss-reactive ketones (excluding diaryl/α,β-unsaturated/α-hetero) is 1. The van der Waals surface area contributed by atoms with Crippen molar-refractivity contribution >= 4 is 32.5 Å². The molecule has 0 amide bonds. The number of hydrogen-bond donors (Lipinski definition) is 0. The molecule has 1 aliphatic rings. The van der Waals surface area contributed by atoms with E-state index in [2.05, 4.69) is 58.5 Å². The number of rotatable bonds is 3. The number of aromatic nitrogens is 2. The minimum Gasteiger partial charge on any atom is -0.294 e. The van der Waals surface area contributed by atoms with E-state index in [0.29, 0.717) is 6.42 Å². The molecule has 0 unspecified atom stereocenters. The van der Waals surface area contributed by atoms with Gasteiger partial charge in [-0.25, -0.2) is 4.68 Å². The lowest BCUT2D eigenvalue weighted by Crippen LogP contribution is -2.16. The molecule has 1 heterocycles. The maximum absolute atomic E-state index is 13.2. The minimum atomic E-state index is -0.0443. The molecule has 0 fully saturated rings. The summed E-state index contributed by atoms with van der Waals surface area (Å²) in [4.78, 5) is 13.2. The number of para-hydroxylation sites is 1. The molecule has 4 aromatic carbocycles. The molecule has 154 valence electrons. The van der Waals surface area contributed by atoms with Crippen LogP contribution in [0.1, 0.15) is 33.8 Å². The number of ketones is 1. The van der Waals surface area contributed by atoms with Crippen LogP contribution in [0, 0.1) is 0 Å². The molecule has 0 saturated carbocycles. The predicted octanol–water partition coefficient (Wildman–Crippen LogP) is 7.17. The van der Waals surface area contributed by atoms with Gasteiger partial charge in [-0.15, -0.1) is 0 Å². The summed E-state index contributed by atoms with van der Waals surface area (Å²) in [6.07, 6.45) is 2.54. The summed E-state index contributed by atoms with van der Waals surface area (Å²) in [6, 6.07) is 30.7. The fourth-order valence-corrected chi connectivity index (χ4v) is 5.03. The smallest absolute Gasteiger partial charge is 0.164 e. The van der Waals surface area contributed by atoms with Crippen molar-refractivity contribution in [2.24, 2.45) is 0 Å². The van der Waals surface area contributed by atoms with Crippen LogP contribution >= 0.6 is 15.9 Å². The molecule has 1 aromatic heterocycles. The second-order valence-electron chi connectivity index (χ2n) is 8.15. The zero-order valence-electron chi connectivity index (χ0n) is 17.2. The van der Waals surface area contributed by atoms with Gasteiger partial charge in [0, 0.05) is 39.7 Å². The highest BCUT2D eigenvalue weighted by Gasteiger charge is 2.31. The molecule has 3 nitrogen and oxygen atoms in total. The fraction of sp³-hybridized carbons (Fsp3) is 0.0714. The van der Waals surface area contributed by atoms with Crippen LogP contribution in [-0.2, 0) is 0 Å². The highest BCUT2D eigenvalue weighted by atomic mass is 79.9. The average Bonchev–Trinajstić information content (AvgIpc) is 3.28. The van der Waals surface area contributed by atoms with E-state index in [-0.39, 0.29) is 11.7 Å². The van der Waals surface area contributed by atoms with Gasteiger partial charge in [-0.1, -0.05) is 82.7 Å². The number of carbonyl (C=O) groups excluding carboxylic acids is 1. The third-order valence-electron chi connectivity index (χ3n) is 6.26. The van der Waals surface area contributed by atoms with Crippen molar-refractivity contribution in [2.75, 3.05) is 0 Å². The Bertz CT molecular complexity index is 1460. The maximum atomic E-state index is 13.2. The standard InChI is InChI=1S/C28H19BrN2O/c29-20-14-12-19(13-15-20)28-25(17-31(30-28)21-8-2-1-3-9-21)24-16-26(32)23-11-5-7-18-6-4-10-22(24)27(18)23/h1-15,17,24H,16H2/t24-/m1/s1. The first-order valence-electron chi connectivity index (χ1n) is 10.6. The first kappa shape index (κ1) is 19.2. The Balaban J connectivity index is 1.60. The Morgan fingerprint density at radius 3 is 2.34 bits per heavy atom. The number of nitrogens with zero attached hydrogens (tertiary/aromatic N) is 2. The topological polar surface area (TPSA) is 34.9 Å². The second kappa shape index (κ2) is 7.57. The van der Waals surface area contributed by atoms with Crippen molar-refractivity contribution in [3.8, 4) is 16.9 Å². The van der Waals surface area contributed by atoms with Gasteiger partial charge in [0.05, 0.1) is 11.4 Å². The molecular formula is C28H19BrN2O. The zero-order chi connectivity index (χ0) is 21.7. The third-order valence-corrected chi connectivity index (χ3v) is 6.79. The molecule has 0 bridgehead atoms. The second-order valence-corrected chi connectivity index (χ2v) is 9.07. The quantitative estimate of drug-likeness (QED) is 0.275. The predicted molar refractivity (Wildman–Crippen MR) is 131 cm³/mol. The van der Waals surface area contributed by atoms with Crippen molar-refractivity contribution in [1.82, 2.24) is 9.78 Å². The van der Waals surface area contributed by atoms with Gasteiger partial charge < -0.3 is 0 Å². The Morgan fingerprint density at radius 2 is 1.56 bits per heavy atom. The van der Waals surface area contributed by atoms with Crippen LogP contribution in [0.3, 0.4) is 0 Å². The Hall–Kier alpha value is -3.50. The molecule has 4 heteroatoms. The fourth-order valence-electron chi connectivity index (χ4n) is 4.76. The van der Waals surface area contributed by atoms with E-state index in [1.807, 2.05) is 59.3 Å². The summed E-state index contributed by atoms with van der Waals surface area (Å²) < 4.78 is 2.95. The van der Waals surface area contributed by atoms with Crippen LogP contribution in [0.4, 0.5) is 0 Å². The Kier molecular flexibility index (Phi) is 4.54. The molecule has 32 heavy (non-hydrogen) atoms. The van der Waals surface area contributed by atoms with E-state index in [0.717, 1.165) is 43.3 Å². The van der Waals surface area contributed by atoms with Gasteiger partial charge in [0.15, 0.2) is 5.78 Å². The van der Waals surface area contributed by atoms with Crippen molar-refractivity contribution in [1.29, 1.82) is 0 Å². The summed E-state index contributed by atoms with van der Waals surface area (Å²) >= 11 is 3.53. The van der Waals surface area contributed by atoms with Crippen molar-refractivity contribution in [2.45, 2.75) is 12.3 Å². The lowest BCUT2D eigenvalue weighted by Gasteiger charge is -2.25. The highest BCUT2D eigenvalue weighted by molar-refractivity contribution is 9.10. The molecule has 1 aliphatic carbocycles. The van der Waals surface area contributed by atoms with E-state index >= 15 is 0 Å². The van der Waals surface area contributed by atoms with E-state index in [4.69, 9.17) is 5.10 Å². The lowest BCUT2D eigenvalue weighted by molar-refractivity contribution is 0.0976. The van der Waals surface area contributed by atoms with E-state index < -0.39 is 0 Å². The number of carbonyl (C=O) groups is 1. The van der Waals surface area contributed by atoms with Crippen molar-refractivity contribution < 1.29 is 4.79 Å². The van der Waals surface area contributed by atoms with Gasteiger partial charge in [-0.05, 0) is 40.6 Å². The van der Waals surface area contributed by atoms with E-state index in [1.54, 1.807) is 0 Å². The summed E-state index contributed by atoms with van der Waals surface area (Å²) in [6.45, 7) is 0. The monoisotopic (exact) mass is 478 g/mol. The number of halogens is 1. The van der Waals surface area contributed by atoms with Gasteiger partial charge >= 0.3 is 0 Å². The summed E-state index contributed by atoms with van der Waals surface area (Å²) in [5.41, 5.74) is 6.05. The molecule has 0 aliphatic heterocycles. The van der Waals surface area contributed by atoms with Crippen LogP contribution < -0.4 is 0 Å². The molecular weight excluding hydrogens is 460 g/mol. The highest BCUT2D eigenvalue weighted by Crippen LogP contribution is 2.43. The largest absolute Gasteiger partial charge is 0.294 e. The van der Waals surface area contributed by atoms with Gasteiger partial charge in [0.1, 0.15) is 0 Å². The Morgan fingerprint density at radius 1 is 0.812 bits per heavy atom. The minimum absolute atomic E-state index is 0.0443. The van der Waals surface area contributed by atoms with Gasteiger partial charge in [0.25, 0.3) is 0 Å². The van der Waals surface area contributed by atoms with Crippen LogP contribution in [0.25, 0.3) is 27.7 Å². The van der Waals surface area contributed by atoms with E-state index in [1.165, 1.54) is 5.56 Å². The molecule has 0 saturated heterocycles. The van der Waals surface area contributed by atoms with Crippen LogP contribution in [0.15, 0.2) is 102 Å². The van der Waals surface area contributed by atoms with Crippen LogP contribution in [0.2, 0.25) is 0 Å². The molecule has 6 rings (SSSR count). The maximum Gasteiger partial charge on any atom is 0.164 e. The summed E-state index contributed by atoms with van der Waals surface area (Å²) in [5, 5.41) is 7.17. The van der Waals surface area contributed by atoms with Gasteiger partial charge in [-0.3, -0.25) is 4.79 Å². The molecule has 0 radical (unpaired) electrons. The van der Waals surface area contributed by atoms with Crippen LogP contribution in [0.5, 0.6) is 0 Å². The first-order valence-corrected chi connectivity index (χ1v) is 11.4. The van der Waals surface area contributed by atoms with Gasteiger partial charge in [-0.2, -0.15) is 5.10 Å². The number of hydrogen-bond acceptors (Lipinski definition) is 2. The zero-order valence-corrected chi connectivity index (χ0v) is 18.8. The molecule has 1 atom stereocenters. The average molecular weight is 479 g/mol. The molecule has 0 spiro atoms. The SMILES string of the molecule is O=C1C[C@@H](c2cn(-c3ccccc3)nc2-c2ccc(Br)cc2)c2cccc3cccc1c23. The Labute approximate surface area is 194 Å². The van der Waals surface area contributed by atoms with Gasteiger partial charge in [0.2, 0.25) is 0 Å². The lowest BCUT2D eigenvalue weighted by atomic mass is 9.77. The third kappa shape index (κ3) is 3.10.